The van der Waals surface area contributed by atoms with Crippen LogP contribution in [0.4, 0.5) is 17.6 Å². The fourth-order valence-electron chi connectivity index (χ4n) is 1.35. The van der Waals surface area contributed by atoms with Crippen LogP contribution in [-0.2, 0) is 0 Å². The third kappa shape index (κ3) is 2.23. The fourth-order valence-corrected chi connectivity index (χ4v) is 1.35. The number of Topliss-reactive ketones (excluding diaryl/α,β-unsaturated/α-hetero) is 1. The summed E-state index contributed by atoms with van der Waals surface area (Å²) in [6.45, 7) is 3.15. The van der Waals surface area contributed by atoms with E-state index in [-0.39, 0.29) is 11.1 Å². The molecule has 1 aromatic carbocycles. The molecule has 0 aliphatic rings. The molecule has 0 amide bonds. The molecule has 1 rings (SSSR count). The van der Waals surface area contributed by atoms with Crippen molar-refractivity contribution < 1.29 is 22.4 Å². The van der Waals surface area contributed by atoms with Crippen LogP contribution in [0, 0.1) is 13.8 Å². The molecule has 0 saturated carbocycles. The number of hydrogen-bond donors (Lipinski definition) is 0. The van der Waals surface area contributed by atoms with Gasteiger partial charge in [0.25, 0.3) is 0 Å². The number of benzene rings is 1. The molecule has 0 aromatic heterocycles. The van der Waals surface area contributed by atoms with Gasteiger partial charge in [0.2, 0.25) is 5.78 Å². The first-order valence-electron chi connectivity index (χ1n) is 4.55. The van der Waals surface area contributed by atoms with E-state index in [4.69, 9.17) is 0 Å². The molecule has 0 N–H and O–H groups in total. The average molecular weight is 234 g/mol. The Bertz CT molecular complexity index is 412. The number of rotatable bonds is 3. The molecule has 0 atom stereocenters. The molecule has 1 aromatic rings. The van der Waals surface area contributed by atoms with Crippen LogP contribution >= 0.6 is 0 Å². The average Bonchev–Trinajstić information content (AvgIpc) is 2.16. The van der Waals surface area contributed by atoms with Crippen molar-refractivity contribution in [3.8, 4) is 0 Å². The Labute approximate surface area is 90.1 Å². The smallest absolute Gasteiger partial charge is 0.287 e. The number of aryl methyl sites for hydroxylation is 2. The maximum absolute atomic E-state index is 12.8. The van der Waals surface area contributed by atoms with E-state index in [1.54, 1.807) is 6.92 Å². The first kappa shape index (κ1) is 12.7. The molecule has 0 unspecified atom stereocenters. The summed E-state index contributed by atoms with van der Waals surface area (Å²) in [5.41, 5.74) is 0.677. The summed E-state index contributed by atoms with van der Waals surface area (Å²) in [4.78, 5) is 11.2. The Morgan fingerprint density at radius 2 is 1.81 bits per heavy atom. The standard InChI is InChI=1S/C11H10F4O/c1-6-3-4-8(7(2)5-6)9(16)11(14,15)10(12)13/h3-5,10H,1-2H3. The van der Waals surface area contributed by atoms with E-state index in [1.807, 2.05) is 0 Å². The van der Waals surface area contributed by atoms with E-state index in [9.17, 15) is 22.4 Å². The van der Waals surface area contributed by atoms with E-state index < -0.39 is 18.1 Å². The van der Waals surface area contributed by atoms with Crippen molar-refractivity contribution in [1.29, 1.82) is 0 Å². The molecule has 0 aliphatic heterocycles. The van der Waals surface area contributed by atoms with Crippen LogP contribution in [0.3, 0.4) is 0 Å². The molecule has 0 heterocycles. The molecule has 1 nitrogen and oxygen atoms in total. The molecule has 5 heteroatoms. The van der Waals surface area contributed by atoms with Gasteiger partial charge in [-0.3, -0.25) is 4.79 Å². The predicted octanol–water partition coefficient (Wildman–Crippen LogP) is 3.39. The summed E-state index contributed by atoms with van der Waals surface area (Å²) in [7, 11) is 0. The van der Waals surface area contributed by atoms with Gasteiger partial charge in [0.1, 0.15) is 0 Å². The normalized spacial score (nSPS) is 11.9. The Hall–Kier alpha value is -1.39. The van der Waals surface area contributed by atoms with Gasteiger partial charge in [-0.1, -0.05) is 23.8 Å². The Morgan fingerprint density at radius 1 is 1.25 bits per heavy atom. The lowest BCUT2D eigenvalue weighted by Crippen LogP contribution is -2.36. The Morgan fingerprint density at radius 3 is 2.25 bits per heavy atom. The number of alkyl halides is 4. The summed E-state index contributed by atoms with van der Waals surface area (Å²) in [6.07, 6.45) is -3.99. The quantitative estimate of drug-likeness (QED) is 0.578. The van der Waals surface area contributed by atoms with Crippen LogP contribution in [0.2, 0.25) is 0 Å². The van der Waals surface area contributed by atoms with Gasteiger partial charge >= 0.3 is 12.3 Å². The van der Waals surface area contributed by atoms with Crippen LogP contribution in [0.5, 0.6) is 0 Å². The summed E-state index contributed by atoms with van der Waals surface area (Å²) in [5.74, 6) is -6.46. The number of ketones is 1. The molecule has 0 aliphatic carbocycles. The van der Waals surface area contributed by atoms with Gasteiger partial charge in [-0.25, -0.2) is 8.78 Å². The highest BCUT2D eigenvalue weighted by Crippen LogP contribution is 2.28. The molecule has 0 spiro atoms. The number of halogens is 4. The van der Waals surface area contributed by atoms with Gasteiger partial charge in [0.15, 0.2) is 0 Å². The van der Waals surface area contributed by atoms with Gasteiger partial charge in [0, 0.05) is 5.56 Å². The molecule has 0 radical (unpaired) electrons. The Balaban J connectivity index is 3.15. The van der Waals surface area contributed by atoms with Gasteiger partial charge in [-0.05, 0) is 19.4 Å². The summed E-state index contributed by atoms with van der Waals surface area (Å²) < 4.78 is 49.6. The highest BCUT2D eigenvalue weighted by atomic mass is 19.3. The molecular formula is C11H10F4O. The van der Waals surface area contributed by atoms with Crippen molar-refractivity contribution in [3.05, 3.63) is 34.9 Å². The minimum atomic E-state index is -4.62. The molecular weight excluding hydrogens is 224 g/mol. The molecule has 0 bridgehead atoms. The van der Waals surface area contributed by atoms with E-state index in [1.165, 1.54) is 19.1 Å². The van der Waals surface area contributed by atoms with Gasteiger partial charge in [0.05, 0.1) is 0 Å². The van der Waals surface area contributed by atoms with Crippen LogP contribution in [0.1, 0.15) is 21.5 Å². The zero-order valence-electron chi connectivity index (χ0n) is 8.73. The molecule has 0 saturated heterocycles. The highest BCUT2D eigenvalue weighted by molar-refractivity contribution is 6.02. The van der Waals surface area contributed by atoms with E-state index in [0.717, 1.165) is 11.6 Å². The van der Waals surface area contributed by atoms with Gasteiger partial charge < -0.3 is 0 Å². The van der Waals surface area contributed by atoms with Crippen LogP contribution in [-0.4, -0.2) is 18.1 Å². The molecule has 0 fully saturated rings. The van der Waals surface area contributed by atoms with Crippen molar-refractivity contribution in [2.24, 2.45) is 0 Å². The van der Waals surface area contributed by atoms with Crippen molar-refractivity contribution in [3.63, 3.8) is 0 Å². The molecule has 16 heavy (non-hydrogen) atoms. The van der Waals surface area contributed by atoms with Crippen LogP contribution in [0.25, 0.3) is 0 Å². The summed E-state index contributed by atoms with van der Waals surface area (Å²) in [5, 5.41) is 0. The zero-order chi connectivity index (χ0) is 12.5. The zero-order valence-corrected chi connectivity index (χ0v) is 8.73. The van der Waals surface area contributed by atoms with Crippen molar-refractivity contribution in [2.45, 2.75) is 26.2 Å². The topological polar surface area (TPSA) is 17.1 Å². The van der Waals surface area contributed by atoms with Crippen molar-refractivity contribution in [2.75, 3.05) is 0 Å². The second-order valence-electron chi connectivity index (χ2n) is 3.57. The second-order valence-corrected chi connectivity index (χ2v) is 3.57. The van der Waals surface area contributed by atoms with E-state index in [2.05, 4.69) is 0 Å². The number of carbonyl (C=O) groups is 1. The Kier molecular flexibility index (Phi) is 3.35. The number of carbonyl (C=O) groups excluding carboxylic acids is 1. The third-order valence-corrected chi connectivity index (χ3v) is 2.20. The van der Waals surface area contributed by atoms with Crippen molar-refractivity contribution >= 4 is 5.78 Å². The maximum atomic E-state index is 12.8. The fraction of sp³-hybridized carbons (Fsp3) is 0.364. The lowest BCUT2D eigenvalue weighted by atomic mass is 9.99. The van der Waals surface area contributed by atoms with E-state index >= 15 is 0 Å². The number of hydrogen-bond acceptors (Lipinski definition) is 1. The minimum Gasteiger partial charge on any atom is -0.287 e. The van der Waals surface area contributed by atoms with Crippen LogP contribution < -0.4 is 0 Å². The third-order valence-electron chi connectivity index (χ3n) is 2.20. The SMILES string of the molecule is Cc1ccc(C(=O)C(F)(F)C(F)F)c(C)c1. The van der Waals surface area contributed by atoms with Crippen LogP contribution in [0.15, 0.2) is 18.2 Å². The first-order valence-corrected chi connectivity index (χ1v) is 4.55. The highest BCUT2D eigenvalue weighted by Gasteiger charge is 2.49. The maximum Gasteiger partial charge on any atom is 0.368 e. The predicted molar refractivity (Wildman–Crippen MR) is 51.2 cm³/mol. The first-order chi connectivity index (χ1) is 7.26. The lowest BCUT2D eigenvalue weighted by Gasteiger charge is -2.15. The lowest BCUT2D eigenvalue weighted by molar-refractivity contribution is -0.0958. The van der Waals surface area contributed by atoms with Gasteiger partial charge in [-0.2, -0.15) is 8.78 Å². The van der Waals surface area contributed by atoms with Crippen molar-refractivity contribution in [1.82, 2.24) is 0 Å². The van der Waals surface area contributed by atoms with E-state index in [0.29, 0.717) is 0 Å². The molecule has 88 valence electrons. The summed E-state index contributed by atoms with van der Waals surface area (Å²) in [6, 6.07) is 4.07. The minimum absolute atomic E-state index is 0.269. The summed E-state index contributed by atoms with van der Waals surface area (Å²) >= 11 is 0. The second kappa shape index (κ2) is 4.23. The monoisotopic (exact) mass is 234 g/mol. The largest absolute Gasteiger partial charge is 0.368 e. The van der Waals surface area contributed by atoms with Gasteiger partial charge in [-0.15, -0.1) is 0 Å².